The van der Waals surface area contributed by atoms with Crippen LogP contribution in [0.1, 0.15) is 17.2 Å². The van der Waals surface area contributed by atoms with Gasteiger partial charge in [0.05, 0.1) is 0 Å². The Hall–Kier alpha value is -2.28. The molecular formula is C17H19ClN2O4. The number of carbonyl (C=O) groups excluding carboxylic acids is 1. The number of nitrogen functional groups attached to an aromatic ring is 1. The fourth-order valence-corrected chi connectivity index (χ4v) is 2.35. The summed E-state index contributed by atoms with van der Waals surface area (Å²) in [6.07, 6.45) is -3.15. The van der Waals surface area contributed by atoms with Gasteiger partial charge in [-0.15, -0.1) is 0 Å². The van der Waals surface area contributed by atoms with Crippen molar-refractivity contribution in [2.75, 3.05) is 12.3 Å². The lowest BCUT2D eigenvalue weighted by Crippen LogP contribution is -2.35. The van der Waals surface area contributed by atoms with Crippen molar-refractivity contribution >= 4 is 23.4 Å². The fraction of sp³-hybridized carbons (Fsp3) is 0.235. The Bertz CT molecular complexity index is 661. The lowest BCUT2D eigenvalue weighted by atomic mass is 10.0. The Balaban J connectivity index is 1.81. The van der Waals surface area contributed by atoms with E-state index in [0.717, 1.165) is 5.56 Å². The van der Waals surface area contributed by atoms with Crippen LogP contribution in [0.5, 0.6) is 0 Å². The van der Waals surface area contributed by atoms with Crippen LogP contribution in [0, 0.1) is 0 Å². The van der Waals surface area contributed by atoms with Crippen molar-refractivity contribution in [3.8, 4) is 0 Å². The van der Waals surface area contributed by atoms with Gasteiger partial charge < -0.3 is 26.0 Å². The highest BCUT2D eigenvalue weighted by Crippen LogP contribution is 2.23. The van der Waals surface area contributed by atoms with Crippen molar-refractivity contribution in [1.82, 2.24) is 5.32 Å². The highest BCUT2D eigenvalue weighted by atomic mass is 35.5. The summed E-state index contributed by atoms with van der Waals surface area (Å²) in [7, 11) is 0. The van der Waals surface area contributed by atoms with E-state index in [-0.39, 0.29) is 13.2 Å². The van der Waals surface area contributed by atoms with E-state index in [0.29, 0.717) is 16.3 Å². The number of anilines is 1. The topological polar surface area (TPSA) is 105 Å². The van der Waals surface area contributed by atoms with Gasteiger partial charge in [-0.05, 0) is 29.3 Å². The van der Waals surface area contributed by atoms with Crippen LogP contribution in [0.15, 0.2) is 48.5 Å². The first-order valence-electron chi connectivity index (χ1n) is 7.32. The molecule has 2 aromatic rings. The molecule has 2 atom stereocenters. The molecule has 2 unspecified atom stereocenters. The smallest absolute Gasteiger partial charge is 0.407 e. The van der Waals surface area contributed by atoms with Crippen LogP contribution in [0.25, 0.3) is 0 Å². The van der Waals surface area contributed by atoms with Gasteiger partial charge in [0.15, 0.2) is 0 Å². The molecule has 0 saturated carbocycles. The summed E-state index contributed by atoms with van der Waals surface area (Å²) in [5.41, 5.74) is 7.24. The van der Waals surface area contributed by atoms with Gasteiger partial charge in [0.1, 0.15) is 18.8 Å². The van der Waals surface area contributed by atoms with Gasteiger partial charge in [0.25, 0.3) is 0 Å². The normalized spacial score (nSPS) is 13.1. The van der Waals surface area contributed by atoms with Gasteiger partial charge >= 0.3 is 6.09 Å². The highest BCUT2D eigenvalue weighted by Gasteiger charge is 2.20. The monoisotopic (exact) mass is 350 g/mol. The number of benzene rings is 2. The minimum atomic E-state index is -1.24. The number of alkyl carbamates (subject to hydrolysis) is 1. The highest BCUT2D eigenvalue weighted by molar-refractivity contribution is 6.30. The second kappa shape index (κ2) is 8.54. The van der Waals surface area contributed by atoms with Crippen LogP contribution in [0.4, 0.5) is 10.5 Å². The molecule has 6 nitrogen and oxygen atoms in total. The zero-order chi connectivity index (χ0) is 17.5. The minimum absolute atomic E-state index is 0.121. The average Bonchev–Trinajstić information content (AvgIpc) is 2.57. The number of nitrogens with one attached hydrogen (secondary N) is 1. The number of aliphatic hydroxyl groups is 2. The molecule has 24 heavy (non-hydrogen) atoms. The Morgan fingerprint density at radius 3 is 2.58 bits per heavy atom. The number of carbonyl (C=O) groups is 1. The zero-order valence-corrected chi connectivity index (χ0v) is 13.6. The van der Waals surface area contributed by atoms with Gasteiger partial charge in [-0.3, -0.25) is 0 Å². The molecule has 2 aromatic carbocycles. The maximum absolute atomic E-state index is 11.6. The molecule has 5 N–H and O–H groups in total. The number of halogens is 1. The second-order valence-electron chi connectivity index (χ2n) is 5.27. The predicted molar refractivity (Wildman–Crippen MR) is 91.5 cm³/mol. The Labute approximate surface area is 144 Å². The van der Waals surface area contributed by atoms with Crippen LogP contribution in [-0.2, 0) is 11.3 Å². The quantitative estimate of drug-likeness (QED) is 0.598. The average molecular weight is 351 g/mol. The molecule has 0 aromatic heterocycles. The van der Waals surface area contributed by atoms with Crippen molar-refractivity contribution in [2.24, 2.45) is 0 Å². The fourth-order valence-electron chi connectivity index (χ4n) is 2.10. The molecule has 0 bridgehead atoms. The summed E-state index contributed by atoms with van der Waals surface area (Å²) in [4.78, 5) is 11.6. The van der Waals surface area contributed by atoms with Crippen LogP contribution in [-0.4, -0.2) is 29.0 Å². The van der Waals surface area contributed by atoms with Crippen LogP contribution >= 0.6 is 11.6 Å². The van der Waals surface area contributed by atoms with E-state index in [2.05, 4.69) is 5.32 Å². The zero-order valence-electron chi connectivity index (χ0n) is 12.9. The van der Waals surface area contributed by atoms with Gasteiger partial charge in [0.2, 0.25) is 0 Å². The number of rotatable bonds is 6. The Morgan fingerprint density at radius 2 is 1.92 bits per heavy atom. The number of aliphatic hydroxyl groups excluding tert-OH is 2. The van der Waals surface area contributed by atoms with E-state index in [4.69, 9.17) is 22.1 Å². The van der Waals surface area contributed by atoms with E-state index in [9.17, 15) is 15.0 Å². The van der Waals surface area contributed by atoms with Crippen molar-refractivity contribution in [1.29, 1.82) is 0 Å². The maximum Gasteiger partial charge on any atom is 0.407 e. The summed E-state index contributed by atoms with van der Waals surface area (Å²) >= 11 is 5.86. The summed E-state index contributed by atoms with van der Waals surface area (Å²) in [6, 6.07) is 13.7. The maximum atomic E-state index is 11.6. The molecule has 0 saturated heterocycles. The molecule has 0 fully saturated rings. The van der Waals surface area contributed by atoms with Crippen molar-refractivity contribution in [3.63, 3.8) is 0 Å². The van der Waals surface area contributed by atoms with E-state index in [1.54, 1.807) is 0 Å². The molecule has 1 amide bonds. The third-order valence-electron chi connectivity index (χ3n) is 3.32. The largest absolute Gasteiger partial charge is 0.445 e. The molecule has 2 rings (SSSR count). The van der Waals surface area contributed by atoms with Gasteiger partial charge in [-0.1, -0.05) is 41.9 Å². The molecule has 0 heterocycles. The number of amides is 1. The second-order valence-corrected chi connectivity index (χ2v) is 5.71. The van der Waals surface area contributed by atoms with E-state index in [1.165, 1.54) is 18.2 Å². The molecule has 0 radical (unpaired) electrons. The summed E-state index contributed by atoms with van der Waals surface area (Å²) < 4.78 is 5.02. The molecule has 7 heteroatoms. The lowest BCUT2D eigenvalue weighted by molar-refractivity contribution is 0.0184. The van der Waals surface area contributed by atoms with Crippen molar-refractivity contribution in [2.45, 2.75) is 18.8 Å². The number of hydrogen-bond donors (Lipinski definition) is 4. The van der Waals surface area contributed by atoms with Crippen LogP contribution in [0.3, 0.4) is 0 Å². The molecule has 0 spiro atoms. The summed E-state index contributed by atoms with van der Waals surface area (Å²) in [5, 5.41) is 22.8. The minimum Gasteiger partial charge on any atom is -0.445 e. The third kappa shape index (κ3) is 5.42. The van der Waals surface area contributed by atoms with Crippen molar-refractivity contribution in [3.05, 3.63) is 64.7 Å². The molecule has 0 aliphatic heterocycles. The molecular weight excluding hydrogens is 332 g/mol. The first-order valence-corrected chi connectivity index (χ1v) is 7.70. The SMILES string of the molecule is Nc1cc(Cl)cc(C(O)C(O)CNC(=O)OCc2ccccc2)c1. The lowest BCUT2D eigenvalue weighted by Gasteiger charge is -2.19. The van der Waals surface area contributed by atoms with E-state index < -0.39 is 18.3 Å². The number of hydrogen-bond acceptors (Lipinski definition) is 5. The van der Waals surface area contributed by atoms with E-state index in [1.807, 2.05) is 30.3 Å². The Morgan fingerprint density at radius 1 is 1.21 bits per heavy atom. The molecule has 0 aliphatic rings. The van der Waals surface area contributed by atoms with Crippen LogP contribution in [0.2, 0.25) is 5.02 Å². The standard InChI is InChI=1S/C17H19ClN2O4/c18-13-6-12(7-14(19)8-13)16(22)15(21)9-20-17(23)24-10-11-4-2-1-3-5-11/h1-8,15-16,21-22H,9-10,19H2,(H,20,23). The van der Waals surface area contributed by atoms with Gasteiger partial charge in [-0.25, -0.2) is 4.79 Å². The van der Waals surface area contributed by atoms with E-state index >= 15 is 0 Å². The number of nitrogens with two attached hydrogens (primary N) is 1. The first-order chi connectivity index (χ1) is 11.5. The molecule has 0 aliphatic carbocycles. The summed E-state index contributed by atoms with van der Waals surface area (Å²) in [5.74, 6) is 0. The van der Waals surface area contributed by atoms with Gasteiger partial charge in [-0.2, -0.15) is 0 Å². The van der Waals surface area contributed by atoms with Gasteiger partial charge in [0, 0.05) is 17.3 Å². The third-order valence-corrected chi connectivity index (χ3v) is 3.53. The number of ether oxygens (including phenoxy) is 1. The molecule has 128 valence electrons. The van der Waals surface area contributed by atoms with Crippen molar-refractivity contribution < 1.29 is 19.7 Å². The Kier molecular flexibility index (Phi) is 6.43. The predicted octanol–water partition coefficient (Wildman–Crippen LogP) is 2.24. The summed E-state index contributed by atoms with van der Waals surface area (Å²) in [6.45, 7) is -0.0582. The van der Waals surface area contributed by atoms with Crippen LogP contribution < -0.4 is 11.1 Å². The first kappa shape index (κ1) is 18.1.